The molecular weight excluding hydrogens is 282 g/mol. The number of aryl methyl sites for hydroxylation is 1. The lowest BCUT2D eigenvalue weighted by atomic mass is 10.2. The first-order chi connectivity index (χ1) is 8.95. The third kappa shape index (κ3) is 2.97. The van der Waals surface area contributed by atoms with Gasteiger partial charge in [0.05, 0.1) is 11.9 Å². The Bertz CT molecular complexity index is 560. The zero-order valence-corrected chi connectivity index (χ0v) is 12.8. The van der Waals surface area contributed by atoms with Crippen LogP contribution in [0.1, 0.15) is 12.5 Å². The number of sulfone groups is 1. The van der Waals surface area contributed by atoms with E-state index in [1.54, 1.807) is 24.9 Å². The smallest absolute Gasteiger partial charge is 0.171 e. The van der Waals surface area contributed by atoms with Crippen LogP contribution in [-0.4, -0.2) is 42.6 Å². The van der Waals surface area contributed by atoms with Crippen molar-refractivity contribution in [3.63, 3.8) is 0 Å². The number of anilines is 2. The third-order valence-electron chi connectivity index (χ3n) is 3.33. The maximum absolute atomic E-state index is 12.2. The van der Waals surface area contributed by atoms with Crippen molar-refractivity contribution < 1.29 is 8.42 Å². The number of aromatic nitrogens is 1. The molecule has 0 radical (unpaired) electrons. The van der Waals surface area contributed by atoms with E-state index in [-0.39, 0.29) is 5.75 Å². The van der Waals surface area contributed by atoms with Gasteiger partial charge in [0.1, 0.15) is 11.2 Å². The van der Waals surface area contributed by atoms with Gasteiger partial charge in [-0.1, -0.05) is 6.92 Å². The second-order valence-electron chi connectivity index (χ2n) is 4.57. The van der Waals surface area contributed by atoms with Crippen LogP contribution in [-0.2, 0) is 9.84 Å². The van der Waals surface area contributed by atoms with Crippen molar-refractivity contribution in [1.82, 2.24) is 4.98 Å². The summed E-state index contributed by atoms with van der Waals surface area (Å²) in [6, 6.07) is 1.86. The van der Waals surface area contributed by atoms with Crippen LogP contribution in [0.2, 0.25) is 0 Å². The molecule has 0 spiro atoms. The van der Waals surface area contributed by atoms with Gasteiger partial charge in [-0.25, -0.2) is 13.4 Å². The van der Waals surface area contributed by atoms with E-state index < -0.39 is 15.2 Å². The van der Waals surface area contributed by atoms with Crippen molar-refractivity contribution >= 4 is 33.1 Å². The van der Waals surface area contributed by atoms with E-state index in [0.717, 1.165) is 11.3 Å². The minimum Gasteiger partial charge on any atom is -0.397 e. The van der Waals surface area contributed by atoms with E-state index in [0.29, 0.717) is 23.8 Å². The summed E-state index contributed by atoms with van der Waals surface area (Å²) >= 11 is 1.68. The van der Waals surface area contributed by atoms with E-state index in [9.17, 15) is 8.42 Å². The fraction of sp³-hybridized carbons (Fsp3) is 0.583. The predicted molar refractivity (Wildman–Crippen MR) is 81.3 cm³/mol. The summed E-state index contributed by atoms with van der Waals surface area (Å²) in [7, 11) is -3.11. The van der Waals surface area contributed by atoms with Gasteiger partial charge >= 0.3 is 0 Å². The molecule has 0 bridgehead atoms. The fourth-order valence-corrected chi connectivity index (χ4v) is 5.02. The van der Waals surface area contributed by atoms with Crippen LogP contribution in [0.3, 0.4) is 0 Å². The minimum absolute atomic E-state index is 0.155. The van der Waals surface area contributed by atoms with Crippen LogP contribution in [0.15, 0.2) is 12.3 Å². The van der Waals surface area contributed by atoms with E-state index in [2.05, 4.69) is 4.98 Å². The Morgan fingerprint density at radius 3 is 2.95 bits per heavy atom. The molecule has 2 N–H and O–H groups in total. The lowest BCUT2D eigenvalue weighted by molar-refractivity contribution is 0.579. The van der Waals surface area contributed by atoms with Crippen LogP contribution in [0.25, 0.3) is 0 Å². The molecule has 5 nitrogen and oxygen atoms in total. The number of nitrogens with zero attached hydrogens (tertiary/aromatic N) is 2. The first kappa shape index (κ1) is 14.5. The average molecular weight is 301 g/mol. The van der Waals surface area contributed by atoms with Gasteiger partial charge in [0.2, 0.25) is 0 Å². The van der Waals surface area contributed by atoms with Crippen LogP contribution < -0.4 is 10.6 Å². The maximum atomic E-state index is 12.2. The van der Waals surface area contributed by atoms with Crippen LogP contribution in [0.4, 0.5) is 11.5 Å². The molecule has 1 aliphatic rings. The van der Waals surface area contributed by atoms with E-state index in [1.807, 2.05) is 17.9 Å². The van der Waals surface area contributed by atoms with Gasteiger partial charge in [-0.15, -0.1) is 0 Å². The second kappa shape index (κ2) is 5.58. The lowest BCUT2D eigenvalue weighted by Gasteiger charge is -2.35. The normalized spacial score (nSPS) is 20.5. The highest BCUT2D eigenvalue weighted by atomic mass is 32.2. The first-order valence-electron chi connectivity index (χ1n) is 6.23. The Balaban J connectivity index is 2.37. The molecule has 0 amide bonds. The highest BCUT2D eigenvalue weighted by Crippen LogP contribution is 2.27. The van der Waals surface area contributed by atoms with Crippen molar-refractivity contribution in [1.29, 1.82) is 0 Å². The van der Waals surface area contributed by atoms with Gasteiger partial charge in [-0.05, 0) is 18.6 Å². The number of hydrogen-bond acceptors (Lipinski definition) is 6. The Morgan fingerprint density at radius 1 is 1.58 bits per heavy atom. The molecule has 7 heteroatoms. The van der Waals surface area contributed by atoms with Gasteiger partial charge in [-0.3, -0.25) is 0 Å². The van der Waals surface area contributed by atoms with E-state index in [1.165, 1.54) is 0 Å². The number of nitrogens with two attached hydrogens (primary N) is 1. The monoisotopic (exact) mass is 301 g/mol. The second-order valence-corrected chi connectivity index (χ2v) is 8.17. The highest BCUT2D eigenvalue weighted by Gasteiger charge is 2.33. The average Bonchev–Trinajstić information content (AvgIpc) is 2.42. The molecule has 1 fully saturated rings. The SMILES string of the molecule is CCS(=O)(=O)C1CSCCN1c1cc(C)c(N)cn1. The molecule has 1 saturated heterocycles. The van der Waals surface area contributed by atoms with Crippen molar-refractivity contribution in [3.8, 4) is 0 Å². The summed E-state index contributed by atoms with van der Waals surface area (Å²) in [6.07, 6.45) is 1.60. The molecule has 2 rings (SSSR count). The summed E-state index contributed by atoms with van der Waals surface area (Å²) in [5, 5.41) is -0.480. The summed E-state index contributed by atoms with van der Waals surface area (Å²) in [6.45, 7) is 4.29. The van der Waals surface area contributed by atoms with Gasteiger partial charge in [0, 0.05) is 23.8 Å². The predicted octanol–water partition coefficient (Wildman–Crippen LogP) is 1.29. The van der Waals surface area contributed by atoms with Crippen molar-refractivity contribution in [3.05, 3.63) is 17.8 Å². The van der Waals surface area contributed by atoms with Crippen molar-refractivity contribution in [2.24, 2.45) is 0 Å². The van der Waals surface area contributed by atoms with Gasteiger partial charge in [-0.2, -0.15) is 11.8 Å². The largest absolute Gasteiger partial charge is 0.397 e. The zero-order chi connectivity index (χ0) is 14.0. The minimum atomic E-state index is -3.11. The number of thioether (sulfide) groups is 1. The van der Waals surface area contributed by atoms with E-state index >= 15 is 0 Å². The standard InChI is InChI=1S/C12H19N3O2S2/c1-3-19(16,17)12-8-18-5-4-15(12)11-6-9(2)10(13)7-14-11/h6-7,12H,3-5,8,13H2,1-2H3. The Kier molecular flexibility index (Phi) is 4.25. The van der Waals surface area contributed by atoms with Crippen LogP contribution in [0.5, 0.6) is 0 Å². The topological polar surface area (TPSA) is 76.3 Å². The summed E-state index contributed by atoms with van der Waals surface area (Å²) < 4.78 is 24.4. The lowest BCUT2D eigenvalue weighted by Crippen LogP contribution is -2.48. The summed E-state index contributed by atoms with van der Waals surface area (Å²) in [5.41, 5.74) is 7.32. The molecule has 0 saturated carbocycles. The Morgan fingerprint density at radius 2 is 2.32 bits per heavy atom. The summed E-state index contributed by atoms with van der Waals surface area (Å²) in [4.78, 5) is 6.18. The molecule has 1 aromatic heterocycles. The fourth-order valence-electron chi connectivity index (χ4n) is 2.04. The molecule has 1 aliphatic heterocycles. The van der Waals surface area contributed by atoms with E-state index in [4.69, 9.17) is 5.73 Å². The van der Waals surface area contributed by atoms with Crippen molar-refractivity contribution in [2.45, 2.75) is 19.2 Å². The van der Waals surface area contributed by atoms with Crippen LogP contribution >= 0.6 is 11.8 Å². The molecule has 0 aliphatic carbocycles. The van der Waals surface area contributed by atoms with Gasteiger partial charge in [0.25, 0.3) is 0 Å². The zero-order valence-electron chi connectivity index (χ0n) is 11.2. The summed E-state index contributed by atoms with van der Waals surface area (Å²) in [5.74, 6) is 2.37. The molecule has 1 aromatic rings. The van der Waals surface area contributed by atoms with Crippen LogP contribution in [0, 0.1) is 6.92 Å². The molecule has 2 heterocycles. The molecule has 0 aromatic carbocycles. The Labute approximate surface area is 118 Å². The maximum Gasteiger partial charge on any atom is 0.171 e. The van der Waals surface area contributed by atoms with Crippen molar-refractivity contribution in [2.75, 3.05) is 34.4 Å². The first-order valence-corrected chi connectivity index (χ1v) is 9.11. The number of nitrogen functional groups attached to an aromatic ring is 1. The third-order valence-corrected chi connectivity index (χ3v) is 6.62. The quantitative estimate of drug-likeness (QED) is 0.906. The number of hydrogen-bond donors (Lipinski definition) is 1. The molecule has 106 valence electrons. The molecule has 1 atom stereocenters. The number of rotatable bonds is 3. The van der Waals surface area contributed by atoms with Gasteiger partial charge in [0.15, 0.2) is 9.84 Å². The molecule has 19 heavy (non-hydrogen) atoms. The number of pyridine rings is 1. The Hall–Kier alpha value is -0.950. The van der Waals surface area contributed by atoms with Gasteiger partial charge < -0.3 is 10.6 Å². The molecular formula is C12H19N3O2S2. The highest BCUT2D eigenvalue weighted by molar-refractivity contribution is 8.01. The molecule has 1 unspecified atom stereocenters.